The maximum Gasteiger partial charge on any atom is 0.187 e. The van der Waals surface area contributed by atoms with Crippen molar-refractivity contribution < 1.29 is 174 Å². The molecule has 1 aromatic rings. The van der Waals surface area contributed by atoms with Crippen LogP contribution in [0, 0.1) is 0 Å². The van der Waals surface area contributed by atoms with E-state index in [9.17, 15) is 107 Å². The van der Waals surface area contributed by atoms with E-state index in [-0.39, 0.29) is 0 Å². The molecule has 14 bridgehead atoms. The molecule has 0 unspecified atom stereocenters. The summed E-state index contributed by atoms with van der Waals surface area (Å²) in [4.78, 5) is 5.94. The number of anilines is 1. The van der Waals surface area contributed by atoms with Crippen molar-refractivity contribution in [1.29, 1.82) is 0 Å². The van der Waals surface area contributed by atoms with Gasteiger partial charge in [-0.15, -0.1) is 0 Å². The van der Waals surface area contributed by atoms with Crippen molar-refractivity contribution in [2.24, 2.45) is 0 Å². The quantitative estimate of drug-likeness (QED) is 0.115. The summed E-state index contributed by atoms with van der Waals surface area (Å²) in [5.41, 5.74) is 1.19. The van der Waals surface area contributed by atoms with E-state index in [0.717, 1.165) is 0 Å². The number of pyridine rings is 1. The van der Waals surface area contributed by atoms with Crippen LogP contribution in [0.5, 0.6) is 0 Å². The summed E-state index contributed by atoms with van der Waals surface area (Å²) in [7, 11) is 4.02. The average Bonchev–Trinajstić information content (AvgIpc) is 1.22. The molecule has 22 rings (SSSR count). The maximum atomic E-state index is 11.3. The zero-order chi connectivity index (χ0) is 62.7. The molecule has 21 aliphatic heterocycles. The normalized spacial score (nSPS) is 50.5. The number of aromatic nitrogens is 1. The Bertz CT molecular complexity index is 1830. The highest BCUT2D eigenvalue weighted by atomic mass is 16.8. The molecule has 37 nitrogen and oxygen atoms in total. The number of hydrogen-bond donors (Lipinski definition) is 21. The van der Waals surface area contributed by atoms with Crippen molar-refractivity contribution >= 4 is 5.69 Å². The summed E-state index contributed by atoms with van der Waals surface area (Å²) < 4.78 is 79.5. The van der Waals surface area contributed by atoms with Gasteiger partial charge >= 0.3 is 0 Å². The van der Waals surface area contributed by atoms with Crippen LogP contribution in [0.3, 0.4) is 0 Å². The van der Waals surface area contributed by atoms with Crippen molar-refractivity contribution in [2.45, 2.75) is 215 Å². The third kappa shape index (κ3) is 14.4. The lowest BCUT2D eigenvalue weighted by atomic mass is 9.95. The first-order chi connectivity index (χ1) is 41.0. The van der Waals surface area contributed by atoms with Gasteiger partial charge in [0.25, 0.3) is 0 Å². The Hall–Kier alpha value is -2.45. The van der Waals surface area contributed by atoms with Crippen LogP contribution < -0.4 is 4.90 Å². The second kappa shape index (κ2) is 30.3. The molecule has 0 aliphatic carbocycles. The van der Waals surface area contributed by atoms with E-state index in [2.05, 4.69) is 4.98 Å². The number of hydrogen-bond acceptors (Lipinski definition) is 37. The molecule has 21 fully saturated rings. The topological polar surface area (TPSA) is 570 Å². The zero-order valence-electron chi connectivity index (χ0n) is 46.0. The first-order valence-corrected chi connectivity index (χ1v) is 27.5. The van der Waals surface area contributed by atoms with Crippen LogP contribution in [-0.4, -0.2) is 388 Å². The molecule has 0 amide bonds. The molecule has 0 aromatic carbocycles. The van der Waals surface area contributed by atoms with Gasteiger partial charge in [-0.3, -0.25) is 4.98 Å². The van der Waals surface area contributed by atoms with Gasteiger partial charge in [0.1, 0.15) is 171 Å². The van der Waals surface area contributed by atoms with E-state index >= 15 is 0 Å². The molecule has 0 spiro atoms. The summed E-state index contributed by atoms with van der Waals surface area (Å²) in [6, 6.07) is 3.94. The Morgan fingerprint density at radius 1 is 0.267 bits per heavy atom. The fourth-order valence-electron chi connectivity index (χ4n) is 11.1. The maximum absolute atomic E-state index is 11.3. The average molecular weight is 1260 g/mol. The molecular weight excluding hydrogens is 1180 g/mol. The largest absolute Gasteiger partial charge is 0.394 e. The predicted molar refractivity (Wildman–Crippen MR) is 267 cm³/mol. The van der Waals surface area contributed by atoms with Crippen molar-refractivity contribution in [3.63, 3.8) is 0 Å². The van der Waals surface area contributed by atoms with Crippen molar-refractivity contribution in [3.8, 4) is 0 Å². The first kappa shape index (κ1) is 69.4. The van der Waals surface area contributed by atoms with Gasteiger partial charge in [0.2, 0.25) is 0 Å². The molecular formula is C49H80N2O35. The Balaban J connectivity index is 0.000000977. The SMILES string of the molecule is CN(C)c1ccncc1.OC[C@H]1O[C@@H]2O[C@H]3[C@H](O)[C@@H](O)[C@@H](O[C@H]4[C@H](O)[C@@H](O)[C@@H](O[C@H]5[C@H](O)[C@@H](O)[C@@H](O[C@H]6[C@H](O)[C@@H](O)[C@@H](O[C@H]7[C@H](O)[C@@H](O)[C@@H](O[C@H]8[C@H](O)[C@@H](O)[C@@H](O[C@H]1[C@H](O)[C@H]2O)O[C@@H]8CO)O[C@@H]7CO)O[C@@H]6CO)O[C@@H]5CO)O[C@@H]4CO)O[C@@H]3CO. The molecule has 22 heterocycles. The van der Waals surface area contributed by atoms with E-state index in [0.29, 0.717) is 0 Å². The van der Waals surface area contributed by atoms with Gasteiger partial charge < -0.3 is 178 Å². The number of ether oxygens (including phenoxy) is 14. The lowest BCUT2D eigenvalue weighted by Gasteiger charge is -2.50. The monoisotopic (exact) mass is 1260 g/mol. The molecule has 496 valence electrons. The first-order valence-electron chi connectivity index (χ1n) is 27.5. The third-order valence-electron chi connectivity index (χ3n) is 16.0. The van der Waals surface area contributed by atoms with Gasteiger partial charge in [-0.25, -0.2) is 0 Å². The molecule has 0 radical (unpaired) electrons. The molecule has 37 heteroatoms. The van der Waals surface area contributed by atoms with E-state index < -0.39 is 261 Å². The molecule has 86 heavy (non-hydrogen) atoms. The minimum absolute atomic E-state index is 1.05. The molecule has 21 N–H and O–H groups in total. The summed E-state index contributed by atoms with van der Waals surface area (Å²) >= 11 is 0. The Labute approximate surface area is 488 Å². The fraction of sp³-hybridized carbons (Fsp3) is 0.898. The second-order valence-corrected chi connectivity index (χ2v) is 21.8. The predicted octanol–water partition coefficient (Wildman–Crippen LogP) is -14.1. The third-order valence-corrected chi connectivity index (χ3v) is 16.0. The van der Waals surface area contributed by atoms with E-state index in [1.165, 1.54) is 5.69 Å². The van der Waals surface area contributed by atoms with Gasteiger partial charge in [0, 0.05) is 32.2 Å². The van der Waals surface area contributed by atoms with Gasteiger partial charge in [0.15, 0.2) is 44.0 Å². The summed E-state index contributed by atoms with van der Waals surface area (Å²) in [5.74, 6) is 0. The van der Waals surface area contributed by atoms with E-state index in [4.69, 9.17) is 66.3 Å². The number of nitrogens with zero attached hydrogens (tertiary/aromatic N) is 2. The minimum atomic E-state index is -2.21. The van der Waals surface area contributed by atoms with Gasteiger partial charge in [-0.2, -0.15) is 0 Å². The standard InChI is InChI=1S/C42H70O35.C7H10N2/c43-1-8-29-15(50)22(57)36(64-8)72-30-9(2-44)66-38(24(59)17(30)52)74-32-11(4-46)68-40(26(61)19(32)54)76-34-13(6-48)70-42(28(63)21(34)56)77-35-14(7-49)69-41(27(62)20(35)55)75-33-12(5-47)67-39(25(60)18(33)53)73-31-10(3-45)65-37(71-29)23(58)16(31)51;1-9(2)7-3-5-8-6-4-7/h8-63H,1-7H2;3-6H,1-2H3/t8-,9-,10-,11-,12-,13-,14-,15-,16-,17-,18-,19-,20-,21-,22-,23-,24-,25-,26-,27-,28-,29-,30-,31-,32-,33-,34-,35-,36-,37-,38-,39-,40-,41-,42-;/m1./s1. The van der Waals surface area contributed by atoms with Crippen molar-refractivity contribution in [2.75, 3.05) is 65.2 Å². The van der Waals surface area contributed by atoms with Gasteiger partial charge in [0.05, 0.1) is 46.2 Å². The lowest BCUT2D eigenvalue weighted by Crippen LogP contribution is -2.68. The summed E-state index contributed by atoms with van der Waals surface area (Å²) in [6.07, 6.45) is -66.7. The molecule has 21 aliphatic rings. The minimum Gasteiger partial charge on any atom is -0.394 e. The lowest BCUT2D eigenvalue weighted by molar-refractivity contribution is -0.396. The molecule has 21 saturated heterocycles. The second-order valence-electron chi connectivity index (χ2n) is 21.8. The van der Waals surface area contributed by atoms with Crippen LogP contribution in [-0.2, 0) is 66.3 Å². The van der Waals surface area contributed by atoms with Crippen molar-refractivity contribution in [1.82, 2.24) is 4.98 Å². The molecule has 35 atom stereocenters. The van der Waals surface area contributed by atoms with Crippen LogP contribution in [0.25, 0.3) is 0 Å². The van der Waals surface area contributed by atoms with Crippen molar-refractivity contribution in [3.05, 3.63) is 24.5 Å². The van der Waals surface area contributed by atoms with Gasteiger partial charge in [-0.05, 0) is 12.1 Å². The highest BCUT2D eigenvalue weighted by Gasteiger charge is 2.59. The smallest absolute Gasteiger partial charge is 0.187 e. The highest BCUT2D eigenvalue weighted by molar-refractivity contribution is 5.42. The number of aliphatic hydroxyl groups excluding tert-OH is 21. The van der Waals surface area contributed by atoms with Crippen LogP contribution in [0.15, 0.2) is 24.5 Å². The number of rotatable bonds is 8. The molecule has 1 aromatic heterocycles. The number of aliphatic hydroxyl groups is 21. The Morgan fingerprint density at radius 3 is 0.535 bits per heavy atom. The fourth-order valence-corrected chi connectivity index (χ4v) is 11.1. The highest BCUT2D eigenvalue weighted by Crippen LogP contribution is 2.39. The summed E-state index contributed by atoms with van der Waals surface area (Å²) in [6.45, 7) is -7.33. The van der Waals surface area contributed by atoms with Crippen LogP contribution in [0.1, 0.15) is 0 Å². The van der Waals surface area contributed by atoms with Crippen LogP contribution in [0.2, 0.25) is 0 Å². The van der Waals surface area contributed by atoms with Crippen LogP contribution >= 0.6 is 0 Å². The Morgan fingerprint density at radius 2 is 0.419 bits per heavy atom. The molecule has 0 saturated carbocycles. The van der Waals surface area contributed by atoms with Gasteiger partial charge in [-0.1, -0.05) is 0 Å². The zero-order valence-corrected chi connectivity index (χ0v) is 46.0. The van der Waals surface area contributed by atoms with E-state index in [1.807, 2.05) is 31.1 Å². The Kier molecular flexibility index (Phi) is 24.5. The summed E-state index contributed by atoms with van der Waals surface area (Å²) in [5, 5.41) is 230. The van der Waals surface area contributed by atoms with Crippen LogP contribution in [0.4, 0.5) is 5.69 Å². The van der Waals surface area contributed by atoms with E-state index in [1.54, 1.807) is 12.4 Å².